The normalized spacial score (nSPS) is 10.6. The summed E-state index contributed by atoms with van der Waals surface area (Å²) in [5.74, 6) is 0.653. The first-order valence-electron chi connectivity index (χ1n) is 10.1. The zero-order valence-electron chi connectivity index (χ0n) is 17.8. The molecule has 0 aliphatic rings. The molecule has 0 aromatic heterocycles. The molecule has 0 radical (unpaired) electrons. The van der Waals surface area contributed by atoms with E-state index in [0.717, 1.165) is 24.8 Å². The van der Waals surface area contributed by atoms with Crippen LogP contribution in [0.1, 0.15) is 49.0 Å². The molecule has 0 unspecified atom stereocenters. The lowest BCUT2D eigenvalue weighted by Gasteiger charge is -2.11. The van der Waals surface area contributed by atoms with Gasteiger partial charge in [0.05, 0.1) is 25.9 Å². The number of methoxy groups -OCH3 is 1. The molecular formula is C24H29NO5. The van der Waals surface area contributed by atoms with Crippen molar-refractivity contribution in [2.45, 2.75) is 33.1 Å². The number of esters is 1. The lowest BCUT2D eigenvalue weighted by atomic mass is 10.1. The predicted molar refractivity (Wildman–Crippen MR) is 118 cm³/mol. The van der Waals surface area contributed by atoms with E-state index >= 15 is 0 Å². The molecule has 2 aromatic rings. The van der Waals surface area contributed by atoms with Gasteiger partial charge in [0.2, 0.25) is 5.91 Å². The third kappa shape index (κ3) is 7.28. The van der Waals surface area contributed by atoms with Gasteiger partial charge >= 0.3 is 5.97 Å². The van der Waals surface area contributed by atoms with Crippen molar-refractivity contribution in [3.8, 4) is 11.5 Å². The molecule has 6 heteroatoms. The number of hydrogen-bond donors (Lipinski definition) is 1. The lowest BCUT2D eigenvalue weighted by Crippen LogP contribution is -2.08. The van der Waals surface area contributed by atoms with Crippen molar-refractivity contribution in [1.29, 1.82) is 0 Å². The minimum absolute atomic E-state index is 0.280. The van der Waals surface area contributed by atoms with Crippen LogP contribution in [0, 0.1) is 0 Å². The number of carbonyl (C=O) groups excluding carboxylic acids is 2. The Morgan fingerprint density at radius 1 is 1.00 bits per heavy atom. The zero-order chi connectivity index (χ0) is 21.8. The van der Waals surface area contributed by atoms with Crippen molar-refractivity contribution in [2.75, 3.05) is 25.6 Å². The van der Waals surface area contributed by atoms with Gasteiger partial charge in [0.15, 0.2) is 11.5 Å². The summed E-state index contributed by atoms with van der Waals surface area (Å²) in [5, 5.41) is 2.76. The van der Waals surface area contributed by atoms with Gasteiger partial charge in [-0.05, 0) is 61.4 Å². The lowest BCUT2D eigenvalue weighted by molar-refractivity contribution is -0.111. The van der Waals surface area contributed by atoms with E-state index in [0.29, 0.717) is 36.0 Å². The number of hydrogen-bond acceptors (Lipinski definition) is 5. The van der Waals surface area contributed by atoms with Crippen LogP contribution < -0.4 is 14.8 Å². The highest BCUT2D eigenvalue weighted by Crippen LogP contribution is 2.28. The first-order chi connectivity index (χ1) is 14.6. The molecule has 0 aliphatic heterocycles. The maximum atomic E-state index is 12.2. The Labute approximate surface area is 177 Å². The first kappa shape index (κ1) is 23.0. The van der Waals surface area contributed by atoms with Gasteiger partial charge in [-0.1, -0.05) is 25.8 Å². The second-order valence-corrected chi connectivity index (χ2v) is 6.59. The minimum atomic E-state index is -0.387. The highest BCUT2D eigenvalue weighted by molar-refractivity contribution is 6.02. The van der Waals surface area contributed by atoms with Crippen LogP contribution in [0.25, 0.3) is 6.08 Å². The fraction of sp³-hybridized carbons (Fsp3) is 0.333. The van der Waals surface area contributed by atoms with Crippen LogP contribution in [0.15, 0.2) is 48.5 Å². The number of rotatable bonds is 11. The average molecular weight is 411 g/mol. The van der Waals surface area contributed by atoms with Gasteiger partial charge in [-0.25, -0.2) is 4.79 Å². The highest BCUT2D eigenvalue weighted by atomic mass is 16.5. The number of anilines is 1. The van der Waals surface area contributed by atoms with Gasteiger partial charge < -0.3 is 19.5 Å². The van der Waals surface area contributed by atoms with E-state index < -0.39 is 0 Å². The van der Waals surface area contributed by atoms with E-state index in [4.69, 9.17) is 14.2 Å². The molecule has 0 heterocycles. The van der Waals surface area contributed by atoms with Crippen molar-refractivity contribution in [3.63, 3.8) is 0 Å². The number of carbonyl (C=O) groups is 2. The maximum absolute atomic E-state index is 12.2. The molecule has 0 aliphatic carbocycles. The molecule has 1 amide bonds. The first-order valence-corrected chi connectivity index (χ1v) is 10.1. The third-order valence-corrected chi connectivity index (χ3v) is 4.28. The monoisotopic (exact) mass is 411 g/mol. The van der Waals surface area contributed by atoms with Crippen LogP contribution in [0.4, 0.5) is 5.69 Å². The predicted octanol–water partition coefficient (Wildman–Crippen LogP) is 5.09. The second-order valence-electron chi connectivity index (χ2n) is 6.59. The van der Waals surface area contributed by atoms with Gasteiger partial charge in [0.25, 0.3) is 0 Å². The van der Waals surface area contributed by atoms with E-state index in [1.165, 1.54) is 6.08 Å². The molecule has 0 saturated heterocycles. The Bertz CT molecular complexity index is 858. The Hall–Kier alpha value is -3.28. The fourth-order valence-corrected chi connectivity index (χ4v) is 2.70. The van der Waals surface area contributed by atoms with E-state index in [1.54, 1.807) is 44.4 Å². The molecule has 1 N–H and O–H groups in total. The van der Waals surface area contributed by atoms with Gasteiger partial charge in [-0.2, -0.15) is 0 Å². The van der Waals surface area contributed by atoms with Crippen LogP contribution in [-0.4, -0.2) is 32.2 Å². The zero-order valence-corrected chi connectivity index (χ0v) is 17.8. The van der Waals surface area contributed by atoms with Gasteiger partial charge in [-0.3, -0.25) is 4.79 Å². The molecule has 6 nitrogen and oxygen atoms in total. The van der Waals surface area contributed by atoms with E-state index in [9.17, 15) is 9.59 Å². The standard InChI is InChI=1S/C24H29NO5/c1-4-6-7-16-30-21-14-8-18(17-22(21)28-3)9-15-23(26)25-20-12-10-19(11-13-20)24(27)29-5-2/h8-15,17H,4-7,16H2,1-3H3,(H,25,26). The van der Waals surface area contributed by atoms with Crippen LogP contribution in [0.3, 0.4) is 0 Å². The Balaban J connectivity index is 1.94. The summed E-state index contributed by atoms with van der Waals surface area (Å²) in [5.41, 5.74) is 1.85. The summed E-state index contributed by atoms with van der Waals surface area (Å²) in [6.45, 7) is 4.87. The molecule has 0 saturated carbocycles. The van der Waals surface area contributed by atoms with E-state index in [-0.39, 0.29) is 11.9 Å². The number of benzene rings is 2. The van der Waals surface area contributed by atoms with Crippen LogP contribution in [0.5, 0.6) is 11.5 Å². The van der Waals surface area contributed by atoms with Crippen molar-refractivity contribution in [3.05, 3.63) is 59.7 Å². The third-order valence-electron chi connectivity index (χ3n) is 4.28. The fourth-order valence-electron chi connectivity index (χ4n) is 2.70. The maximum Gasteiger partial charge on any atom is 0.338 e. The molecule has 160 valence electrons. The largest absolute Gasteiger partial charge is 0.493 e. The molecule has 0 spiro atoms. The second kappa shape index (κ2) is 12.3. The van der Waals surface area contributed by atoms with Crippen LogP contribution >= 0.6 is 0 Å². The number of amides is 1. The van der Waals surface area contributed by atoms with Crippen molar-refractivity contribution in [2.24, 2.45) is 0 Å². The summed E-state index contributed by atoms with van der Waals surface area (Å²) in [7, 11) is 1.59. The molecule has 2 aromatic carbocycles. The minimum Gasteiger partial charge on any atom is -0.493 e. The van der Waals surface area contributed by atoms with E-state index in [2.05, 4.69) is 12.2 Å². The van der Waals surface area contributed by atoms with Crippen LogP contribution in [0.2, 0.25) is 0 Å². The summed E-state index contributed by atoms with van der Waals surface area (Å²) in [6, 6.07) is 12.1. The van der Waals surface area contributed by atoms with E-state index in [1.807, 2.05) is 18.2 Å². The quantitative estimate of drug-likeness (QED) is 0.317. The molecule has 0 bridgehead atoms. The molecule has 0 atom stereocenters. The van der Waals surface area contributed by atoms with Gasteiger partial charge in [0, 0.05) is 11.8 Å². The number of ether oxygens (including phenoxy) is 3. The Morgan fingerprint density at radius 3 is 2.43 bits per heavy atom. The summed E-state index contributed by atoms with van der Waals surface area (Å²) in [6.07, 6.45) is 6.41. The Morgan fingerprint density at radius 2 is 1.77 bits per heavy atom. The number of unbranched alkanes of at least 4 members (excludes halogenated alkanes) is 2. The van der Waals surface area contributed by atoms with Crippen molar-refractivity contribution < 1.29 is 23.8 Å². The van der Waals surface area contributed by atoms with Crippen molar-refractivity contribution >= 4 is 23.6 Å². The molecule has 2 rings (SSSR count). The molecular weight excluding hydrogens is 382 g/mol. The van der Waals surface area contributed by atoms with Crippen molar-refractivity contribution in [1.82, 2.24) is 0 Å². The molecule has 0 fully saturated rings. The highest BCUT2D eigenvalue weighted by Gasteiger charge is 2.07. The smallest absolute Gasteiger partial charge is 0.338 e. The topological polar surface area (TPSA) is 73.9 Å². The summed E-state index contributed by atoms with van der Waals surface area (Å²) in [4.78, 5) is 23.8. The Kier molecular flexibility index (Phi) is 9.45. The summed E-state index contributed by atoms with van der Waals surface area (Å²) < 4.78 is 16.1. The molecule has 30 heavy (non-hydrogen) atoms. The van der Waals surface area contributed by atoms with Gasteiger partial charge in [-0.15, -0.1) is 0 Å². The number of nitrogens with one attached hydrogen (secondary N) is 1. The van der Waals surface area contributed by atoms with Crippen LogP contribution in [-0.2, 0) is 9.53 Å². The van der Waals surface area contributed by atoms with Gasteiger partial charge in [0.1, 0.15) is 0 Å². The summed E-state index contributed by atoms with van der Waals surface area (Å²) >= 11 is 0. The SMILES string of the molecule is CCCCCOc1ccc(C=CC(=O)Nc2ccc(C(=O)OCC)cc2)cc1OC. The average Bonchev–Trinajstić information content (AvgIpc) is 2.76.